The maximum atomic E-state index is 12.9. The number of aryl methyl sites for hydroxylation is 2. The second-order valence-electron chi connectivity index (χ2n) is 7.63. The molecule has 32 heavy (non-hydrogen) atoms. The quantitative estimate of drug-likeness (QED) is 0.432. The molecule has 0 spiro atoms. The molecule has 2 heterocycles. The second-order valence-corrected chi connectivity index (χ2v) is 8.66. The van der Waals surface area contributed by atoms with Gasteiger partial charge in [-0.2, -0.15) is 0 Å². The molecular formula is C24H25N5O2S. The van der Waals surface area contributed by atoms with Crippen molar-refractivity contribution in [1.29, 1.82) is 0 Å². The number of aromatic nitrogens is 4. The van der Waals surface area contributed by atoms with E-state index in [1.807, 2.05) is 56.3 Å². The van der Waals surface area contributed by atoms with Gasteiger partial charge in [-0.1, -0.05) is 59.8 Å². The van der Waals surface area contributed by atoms with Crippen LogP contribution in [-0.2, 0) is 17.9 Å². The number of fused-ring (bicyclic) bond motifs is 1. The van der Waals surface area contributed by atoms with Gasteiger partial charge in [0.2, 0.25) is 5.91 Å². The fraction of sp³-hybridized carbons (Fsp3) is 0.250. The van der Waals surface area contributed by atoms with Crippen LogP contribution in [0.4, 0.5) is 0 Å². The Morgan fingerprint density at radius 2 is 1.91 bits per heavy atom. The first-order valence-electron chi connectivity index (χ1n) is 10.5. The molecule has 2 aromatic carbocycles. The molecule has 0 aliphatic carbocycles. The third-order valence-electron chi connectivity index (χ3n) is 5.24. The molecule has 0 unspecified atom stereocenters. The third-order valence-corrected chi connectivity index (χ3v) is 6.40. The number of hydrogen-bond donors (Lipinski definition) is 0. The number of hydrogen-bond acceptors (Lipinski definition) is 5. The maximum absolute atomic E-state index is 12.9. The highest BCUT2D eigenvalue weighted by Crippen LogP contribution is 2.31. The Morgan fingerprint density at radius 1 is 1.12 bits per heavy atom. The highest BCUT2D eigenvalue weighted by atomic mass is 32.2. The Bertz CT molecular complexity index is 1310. The smallest absolute Gasteiger partial charge is 0.337 e. The van der Waals surface area contributed by atoms with Gasteiger partial charge in [-0.3, -0.25) is 4.79 Å². The highest BCUT2D eigenvalue weighted by molar-refractivity contribution is 7.99. The molecule has 0 aliphatic rings. The van der Waals surface area contributed by atoms with E-state index in [1.165, 1.54) is 26.4 Å². The van der Waals surface area contributed by atoms with Crippen LogP contribution in [0.5, 0.6) is 0 Å². The Balaban J connectivity index is 1.60. The lowest BCUT2D eigenvalue weighted by molar-refractivity contribution is -0.132. The summed E-state index contributed by atoms with van der Waals surface area (Å²) < 4.78 is 2.67. The van der Waals surface area contributed by atoms with E-state index in [4.69, 9.17) is 0 Å². The van der Waals surface area contributed by atoms with E-state index in [2.05, 4.69) is 23.1 Å². The number of carbonyl (C=O) groups is 1. The lowest BCUT2D eigenvalue weighted by atomic mass is 10.2. The molecule has 7 nitrogen and oxygen atoms in total. The SMILES string of the molecule is CCN(Cc1ccccc1)C(=O)Cn1nc2c(Sc3ccc(C)cc3C)nccn2c1=O. The van der Waals surface area contributed by atoms with Crippen LogP contribution in [0, 0.1) is 13.8 Å². The summed E-state index contributed by atoms with van der Waals surface area (Å²) in [6.07, 6.45) is 3.17. The molecular weight excluding hydrogens is 422 g/mol. The first kappa shape index (κ1) is 21.8. The summed E-state index contributed by atoms with van der Waals surface area (Å²) in [7, 11) is 0. The lowest BCUT2D eigenvalue weighted by Gasteiger charge is -2.20. The van der Waals surface area contributed by atoms with Crippen LogP contribution in [-0.4, -0.2) is 36.5 Å². The van der Waals surface area contributed by atoms with Gasteiger partial charge in [0, 0.05) is 30.4 Å². The van der Waals surface area contributed by atoms with Gasteiger partial charge in [-0.05, 0) is 38.0 Å². The van der Waals surface area contributed by atoms with Gasteiger partial charge in [0.25, 0.3) is 0 Å². The van der Waals surface area contributed by atoms with Gasteiger partial charge in [-0.15, -0.1) is 5.10 Å². The fourth-order valence-electron chi connectivity index (χ4n) is 3.53. The standard InChI is InChI=1S/C24H25N5O2S/c1-4-27(15-19-8-6-5-7-9-19)21(30)16-29-24(31)28-13-12-25-23(22(28)26-29)32-20-11-10-17(2)14-18(20)3/h5-14H,4,15-16H2,1-3H3. The molecule has 0 N–H and O–H groups in total. The number of amides is 1. The summed E-state index contributed by atoms with van der Waals surface area (Å²) in [5.74, 6) is -0.154. The first-order valence-corrected chi connectivity index (χ1v) is 11.3. The molecule has 0 saturated heterocycles. The molecule has 0 fully saturated rings. The predicted octanol–water partition coefficient (Wildman–Crippen LogP) is 3.71. The zero-order chi connectivity index (χ0) is 22.7. The van der Waals surface area contributed by atoms with Crippen molar-refractivity contribution in [1.82, 2.24) is 24.1 Å². The van der Waals surface area contributed by atoms with Crippen molar-refractivity contribution in [2.75, 3.05) is 6.54 Å². The minimum Gasteiger partial charge on any atom is -0.337 e. The van der Waals surface area contributed by atoms with Crippen molar-refractivity contribution in [3.8, 4) is 0 Å². The minimum atomic E-state index is -0.353. The summed E-state index contributed by atoms with van der Waals surface area (Å²) in [5.41, 5.74) is 3.46. The molecule has 8 heteroatoms. The molecule has 2 aromatic heterocycles. The summed E-state index contributed by atoms with van der Waals surface area (Å²) in [4.78, 5) is 33.0. The van der Waals surface area contributed by atoms with E-state index >= 15 is 0 Å². The molecule has 0 saturated carbocycles. The molecule has 164 valence electrons. The second kappa shape index (κ2) is 9.40. The number of benzene rings is 2. The van der Waals surface area contributed by atoms with Gasteiger partial charge in [-0.25, -0.2) is 18.9 Å². The van der Waals surface area contributed by atoms with Gasteiger partial charge in [0.15, 0.2) is 5.65 Å². The van der Waals surface area contributed by atoms with Gasteiger partial charge in [0.1, 0.15) is 11.6 Å². The van der Waals surface area contributed by atoms with Crippen molar-refractivity contribution in [2.45, 2.75) is 43.8 Å². The van der Waals surface area contributed by atoms with Crippen LogP contribution in [0.25, 0.3) is 5.65 Å². The monoisotopic (exact) mass is 447 g/mol. The molecule has 0 aliphatic heterocycles. The molecule has 0 atom stereocenters. The van der Waals surface area contributed by atoms with Crippen molar-refractivity contribution >= 4 is 23.3 Å². The Hall–Kier alpha value is -3.39. The largest absolute Gasteiger partial charge is 0.350 e. The normalized spacial score (nSPS) is 11.1. The van der Waals surface area contributed by atoms with Crippen LogP contribution in [0.3, 0.4) is 0 Å². The summed E-state index contributed by atoms with van der Waals surface area (Å²) in [6, 6.07) is 16.0. The van der Waals surface area contributed by atoms with E-state index in [0.717, 1.165) is 16.0 Å². The van der Waals surface area contributed by atoms with Gasteiger partial charge >= 0.3 is 5.69 Å². The third kappa shape index (κ3) is 4.60. The molecule has 4 aromatic rings. The summed E-state index contributed by atoms with van der Waals surface area (Å²) in [6.45, 7) is 6.95. The Labute approximate surface area is 190 Å². The van der Waals surface area contributed by atoms with Crippen molar-refractivity contribution in [2.24, 2.45) is 0 Å². The van der Waals surface area contributed by atoms with E-state index in [1.54, 1.807) is 17.3 Å². The molecule has 1 amide bonds. The summed E-state index contributed by atoms with van der Waals surface area (Å²) >= 11 is 1.46. The van der Waals surface area contributed by atoms with Crippen LogP contribution < -0.4 is 5.69 Å². The van der Waals surface area contributed by atoms with Gasteiger partial charge < -0.3 is 4.90 Å². The zero-order valence-corrected chi connectivity index (χ0v) is 19.2. The predicted molar refractivity (Wildman–Crippen MR) is 125 cm³/mol. The average Bonchev–Trinajstić information content (AvgIpc) is 3.11. The van der Waals surface area contributed by atoms with Crippen molar-refractivity contribution < 1.29 is 4.79 Å². The van der Waals surface area contributed by atoms with Crippen LogP contribution >= 0.6 is 11.8 Å². The number of likely N-dealkylation sites (N-methyl/N-ethyl adjacent to an activating group) is 1. The zero-order valence-electron chi connectivity index (χ0n) is 18.4. The molecule has 0 bridgehead atoms. The van der Waals surface area contributed by atoms with Crippen LogP contribution in [0.2, 0.25) is 0 Å². The van der Waals surface area contributed by atoms with E-state index in [9.17, 15) is 9.59 Å². The minimum absolute atomic E-state index is 0.116. The number of rotatable bonds is 7. The number of nitrogens with zero attached hydrogens (tertiary/aromatic N) is 5. The van der Waals surface area contributed by atoms with Crippen molar-refractivity contribution in [3.05, 3.63) is 88.1 Å². The Kier molecular flexibility index (Phi) is 6.41. The summed E-state index contributed by atoms with van der Waals surface area (Å²) in [5, 5.41) is 5.08. The average molecular weight is 448 g/mol. The molecule has 4 rings (SSSR count). The van der Waals surface area contributed by atoms with Crippen LogP contribution in [0.1, 0.15) is 23.6 Å². The maximum Gasteiger partial charge on any atom is 0.350 e. The molecule has 0 radical (unpaired) electrons. The first-order chi connectivity index (χ1) is 15.5. The van der Waals surface area contributed by atoms with E-state index in [0.29, 0.717) is 23.8 Å². The lowest BCUT2D eigenvalue weighted by Crippen LogP contribution is -2.36. The highest BCUT2D eigenvalue weighted by Gasteiger charge is 2.18. The van der Waals surface area contributed by atoms with Crippen LogP contribution in [0.15, 0.2) is 75.6 Å². The van der Waals surface area contributed by atoms with Gasteiger partial charge in [0.05, 0.1) is 0 Å². The number of carbonyl (C=O) groups excluding carboxylic acids is 1. The topological polar surface area (TPSA) is 72.5 Å². The van der Waals surface area contributed by atoms with E-state index in [-0.39, 0.29) is 18.1 Å². The van der Waals surface area contributed by atoms with E-state index < -0.39 is 0 Å². The Morgan fingerprint density at radius 3 is 2.62 bits per heavy atom. The van der Waals surface area contributed by atoms with Crippen molar-refractivity contribution in [3.63, 3.8) is 0 Å². The fourth-order valence-corrected chi connectivity index (χ4v) is 4.44.